The van der Waals surface area contributed by atoms with Crippen LogP contribution < -0.4 is 5.32 Å². The van der Waals surface area contributed by atoms with Crippen LogP contribution in [0.5, 0.6) is 0 Å². The fourth-order valence-corrected chi connectivity index (χ4v) is 2.44. The van der Waals surface area contributed by atoms with Gasteiger partial charge in [0.25, 0.3) is 5.91 Å². The fraction of sp³-hybridized carbons (Fsp3) is 0.364. The first kappa shape index (κ1) is 14.1. The standard InChI is InChI=1S/C11H13N5O3S/c1-6-10(13-7(2)20-6)11(19)12-3-8-4-16(15-14-8)5-9(17)18/h4H,3,5H2,1-2H3,(H,12,19)(H,17,18). The Bertz CT molecular complexity index is 648. The van der Waals surface area contributed by atoms with Gasteiger partial charge in [-0.2, -0.15) is 0 Å². The van der Waals surface area contributed by atoms with E-state index in [4.69, 9.17) is 5.11 Å². The lowest BCUT2D eigenvalue weighted by Gasteiger charge is -2.00. The Hall–Kier alpha value is -2.29. The number of hydrogen-bond donors (Lipinski definition) is 2. The molecule has 0 saturated carbocycles. The summed E-state index contributed by atoms with van der Waals surface area (Å²) < 4.78 is 1.20. The van der Waals surface area contributed by atoms with E-state index in [1.54, 1.807) is 0 Å². The maximum atomic E-state index is 11.9. The number of nitrogens with zero attached hydrogens (tertiary/aromatic N) is 4. The molecule has 1 amide bonds. The molecule has 0 unspecified atom stereocenters. The predicted molar refractivity (Wildman–Crippen MR) is 70.4 cm³/mol. The van der Waals surface area contributed by atoms with E-state index in [0.717, 1.165) is 9.88 Å². The van der Waals surface area contributed by atoms with Crippen molar-refractivity contribution < 1.29 is 14.7 Å². The number of nitrogens with one attached hydrogen (secondary N) is 1. The maximum absolute atomic E-state index is 11.9. The number of carboxylic acid groups (broad SMARTS) is 1. The molecule has 8 nitrogen and oxygen atoms in total. The number of rotatable bonds is 5. The molecule has 2 aromatic rings. The highest BCUT2D eigenvalue weighted by Gasteiger charge is 2.14. The van der Waals surface area contributed by atoms with E-state index in [9.17, 15) is 9.59 Å². The summed E-state index contributed by atoms with van der Waals surface area (Å²) in [5.74, 6) is -1.28. The van der Waals surface area contributed by atoms with Gasteiger partial charge in [-0.05, 0) is 13.8 Å². The first-order chi connectivity index (χ1) is 9.45. The zero-order valence-corrected chi connectivity index (χ0v) is 11.8. The van der Waals surface area contributed by atoms with E-state index in [2.05, 4.69) is 20.6 Å². The Morgan fingerprint density at radius 2 is 2.20 bits per heavy atom. The monoisotopic (exact) mass is 295 g/mol. The predicted octanol–water partition coefficient (Wildman–Crippen LogP) is 0.366. The van der Waals surface area contributed by atoms with Crippen LogP contribution in [0.25, 0.3) is 0 Å². The van der Waals surface area contributed by atoms with Crippen molar-refractivity contribution in [2.24, 2.45) is 0 Å². The van der Waals surface area contributed by atoms with E-state index in [1.807, 2.05) is 13.8 Å². The highest BCUT2D eigenvalue weighted by Crippen LogP contribution is 2.16. The highest BCUT2D eigenvalue weighted by atomic mass is 32.1. The molecule has 0 aliphatic heterocycles. The second kappa shape index (κ2) is 5.78. The van der Waals surface area contributed by atoms with Crippen molar-refractivity contribution in [3.63, 3.8) is 0 Å². The Kier molecular flexibility index (Phi) is 4.08. The van der Waals surface area contributed by atoms with Gasteiger partial charge in [-0.25, -0.2) is 9.67 Å². The maximum Gasteiger partial charge on any atom is 0.325 e. The van der Waals surface area contributed by atoms with Crippen molar-refractivity contribution in [1.82, 2.24) is 25.3 Å². The van der Waals surface area contributed by atoms with Crippen molar-refractivity contribution in [2.45, 2.75) is 26.9 Å². The van der Waals surface area contributed by atoms with Crippen LogP contribution in [-0.4, -0.2) is 37.0 Å². The molecule has 0 atom stereocenters. The smallest absolute Gasteiger partial charge is 0.325 e. The number of aromatic nitrogens is 4. The molecule has 2 heterocycles. The fourth-order valence-electron chi connectivity index (χ4n) is 1.63. The molecule has 0 aromatic carbocycles. The molecule has 0 aliphatic rings. The van der Waals surface area contributed by atoms with Crippen molar-refractivity contribution in [3.05, 3.63) is 27.5 Å². The first-order valence-corrected chi connectivity index (χ1v) is 6.60. The molecule has 0 spiro atoms. The second-order valence-electron chi connectivity index (χ2n) is 4.12. The zero-order chi connectivity index (χ0) is 14.7. The number of amides is 1. The lowest BCUT2D eigenvalue weighted by atomic mass is 10.3. The van der Waals surface area contributed by atoms with Crippen molar-refractivity contribution >= 4 is 23.2 Å². The van der Waals surface area contributed by atoms with E-state index >= 15 is 0 Å². The van der Waals surface area contributed by atoms with E-state index in [-0.39, 0.29) is 19.0 Å². The molecule has 0 radical (unpaired) electrons. The molecule has 20 heavy (non-hydrogen) atoms. The van der Waals surface area contributed by atoms with Gasteiger partial charge in [0.15, 0.2) is 0 Å². The normalized spacial score (nSPS) is 10.5. The van der Waals surface area contributed by atoms with Crippen LogP contribution in [0.2, 0.25) is 0 Å². The van der Waals surface area contributed by atoms with Crippen LogP contribution in [-0.2, 0) is 17.9 Å². The Morgan fingerprint density at radius 3 is 2.80 bits per heavy atom. The summed E-state index contributed by atoms with van der Waals surface area (Å²) in [5, 5.41) is 19.6. The van der Waals surface area contributed by atoms with E-state index in [0.29, 0.717) is 11.4 Å². The van der Waals surface area contributed by atoms with Crippen LogP contribution >= 0.6 is 11.3 Å². The van der Waals surface area contributed by atoms with Gasteiger partial charge >= 0.3 is 5.97 Å². The number of carbonyl (C=O) groups is 2. The van der Waals surface area contributed by atoms with Gasteiger partial charge in [0.1, 0.15) is 17.9 Å². The molecule has 0 bridgehead atoms. The van der Waals surface area contributed by atoms with Gasteiger partial charge in [0.2, 0.25) is 0 Å². The van der Waals surface area contributed by atoms with Crippen LogP contribution in [0.1, 0.15) is 26.1 Å². The molecule has 2 N–H and O–H groups in total. The van der Waals surface area contributed by atoms with Gasteiger partial charge in [0, 0.05) is 4.88 Å². The third-order valence-corrected chi connectivity index (χ3v) is 3.32. The topological polar surface area (TPSA) is 110 Å². The van der Waals surface area contributed by atoms with Crippen molar-refractivity contribution in [3.8, 4) is 0 Å². The summed E-state index contributed by atoms with van der Waals surface area (Å²) in [6.45, 7) is 3.59. The van der Waals surface area contributed by atoms with Crippen molar-refractivity contribution in [1.29, 1.82) is 0 Å². The first-order valence-electron chi connectivity index (χ1n) is 5.78. The zero-order valence-electron chi connectivity index (χ0n) is 11.0. The molecule has 106 valence electrons. The average Bonchev–Trinajstić information content (AvgIpc) is 2.92. The van der Waals surface area contributed by atoms with Crippen LogP contribution in [0, 0.1) is 13.8 Å². The molecular formula is C11H13N5O3S. The number of carbonyl (C=O) groups excluding carboxylic acids is 1. The lowest BCUT2D eigenvalue weighted by Crippen LogP contribution is -2.24. The van der Waals surface area contributed by atoms with Gasteiger partial charge < -0.3 is 10.4 Å². The third-order valence-electron chi connectivity index (χ3n) is 2.43. The molecule has 0 aliphatic carbocycles. The van der Waals surface area contributed by atoms with Crippen LogP contribution in [0.3, 0.4) is 0 Å². The number of aliphatic carboxylic acids is 1. The lowest BCUT2D eigenvalue weighted by molar-refractivity contribution is -0.137. The highest BCUT2D eigenvalue weighted by molar-refractivity contribution is 7.11. The molecule has 2 rings (SSSR count). The molecule has 0 fully saturated rings. The summed E-state index contributed by atoms with van der Waals surface area (Å²) in [4.78, 5) is 27.4. The Labute approximate surface area is 118 Å². The number of hydrogen-bond acceptors (Lipinski definition) is 6. The summed E-state index contributed by atoms with van der Waals surface area (Å²) in [7, 11) is 0. The minimum atomic E-state index is -1.00. The number of carboxylic acids is 1. The van der Waals surface area contributed by atoms with Crippen molar-refractivity contribution in [2.75, 3.05) is 0 Å². The molecule has 9 heteroatoms. The van der Waals surface area contributed by atoms with E-state index in [1.165, 1.54) is 22.2 Å². The summed E-state index contributed by atoms with van der Waals surface area (Å²) in [5.41, 5.74) is 0.898. The van der Waals surface area contributed by atoms with Gasteiger partial charge in [0.05, 0.1) is 17.7 Å². The third kappa shape index (κ3) is 3.38. The van der Waals surface area contributed by atoms with Crippen LogP contribution in [0.4, 0.5) is 0 Å². The van der Waals surface area contributed by atoms with E-state index < -0.39 is 5.97 Å². The average molecular weight is 295 g/mol. The minimum absolute atomic E-state index is 0.175. The second-order valence-corrected chi connectivity index (χ2v) is 5.53. The Morgan fingerprint density at radius 1 is 1.45 bits per heavy atom. The molecule has 0 saturated heterocycles. The largest absolute Gasteiger partial charge is 0.480 e. The molecule has 2 aromatic heterocycles. The Balaban J connectivity index is 1.95. The number of aryl methyl sites for hydroxylation is 2. The summed E-state index contributed by atoms with van der Waals surface area (Å²) in [6, 6.07) is 0. The van der Waals surface area contributed by atoms with Gasteiger partial charge in [-0.15, -0.1) is 16.4 Å². The van der Waals surface area contributed by atoms with Gasteiger partial charge in [-0.3, -0.25) is 9.59 Å². The van der Waals surface area contributed by atoms with Crippen LogP contribution in [0.15, 0.2) is 6.20 Å². The van der Waals surface area contributed by atoms with Gasteiger partial charge in [-0.1, -0.05) is 5.21 Å². The summed E-state index contributed by atoms with van der Waals surface area (Å²) >= 11 is 1.46. The quantitative estimate of drug-likeness (QED) is 0.824. The molecular weight excluding hydrogens is 282 g/mol. The summed E-state index contributed by atoms with van der Waals surface area (Å²) in [6.07, 6.45) is 1.48. The minimum Gasteiger partial charge on any atom is -0.480 e. The number of thiazole rings is 1. The SMILES string of the molecule is Cc1nc(C(=O)NCc2cn(CC(=O)O)nn2)c(C)s1.